The van der Waals surface area contributed by atoms with E-state index in [9.17, 15) is 9.18 Å². The zero-order valence-corrected chi connectivity index (χ0v) is 13.2. The van der Waals surface area contributed by atoms with Crippen LogP contribution in [0.15, 0.2) is 42.5 Å². The SMILES string of the molecule is NC(=S)c1cc(NC(=O)c2ccccc2I)ccc1F. The summed E-state index contributed by atoms with van der Waals surface area (Å²) in [7, 11) is 0. The van der Waals surface area contributed by atoms with Crippen LogP contribution in [0.1, 0.15) is 15.9 Å². The molecular weight excluding hydrogens is 390 g/mol. The van der Waals surface area contributed by atoms with Crippen LogP contribution in [-0.2, 0) is 0 Å². The Hall–Kier alpha value is -1.54. The van der Waals surface area contributed by atoms with Gasteiger partial charge in [0, 0.05) is 14.8 Å². The second kappa shape index (κ2) is 6.27. The molecule has 0 bridgehead atoms. The summed E-state index contributed by atoms with van der Waals surface area (Å²) in [5.41, 5.74) is 6.53. The number of thiocarbonyl (C=S) groups is 1. The predicted molar refractivity (Wildman–Crippen MR) is 89.4 cm³/mol. The molecule has 0 aromatic heterocycles. The van der Waals surface area contributed by atoms with Crippen molar-refractivity contribution in [3.05, 3.63) is 63.0 Å². The van der Waals surface area contributed by atoms with E-state index in [4.69, 9.17) is 18.0 Å². The van der Waals surface area contributed by atoms with Gasteiger partial charge in [0.2, 0.25) is 0 Å². The number of hydrogen-bond donors (Lipinski definition) is 2. The molecule has 6 heteroatoms. The van der Waals surface area contributed by atoms with Gasteiger partial charge in [-0.3, -0.25) is 4.79 Å². The highest BCUT2D eigenvalue weighted by Gasteiger charge is 2.11. The van der Waals surface area contributed by atoms with Crippen LogP contribution < -0.4 is 11.1 Å². The number of hydrogen-bond acceptors (Lipinski definition) is 2. The molecule has 0 heterocycles. The molecule has 0 aliphatic carbocycles. The summed E-state index contributed by atoms with van der Waals surface area (Å²) in [5.74, 6) is -0.778. The van der Waals surface area contributed by atoms with Crippen molar-refractivity contribution in [2.45, 2.75) is 0 Å². The molecule has 0 aliphatic heterocycles. The number of anilines is 1. The van der Waals surface area contributed by atoms with Crippen molar-refractivity contribution in [3.63, 3.8) is 0 Å². The number of nitrogens with one attached hydrogen (secondary N) is 1. The second-order valence-corrected chi connectivity index (χ2v) is 5.59. The van der Waals surface area contributed by atoms with E-state index in [0.29, 0.717) is 11.3 Å². The van der Waals surface area contributed by atoms with E-state index in [1.165, 1.54) is 18.2 Å². The third-order valence-corrected chi connectivity index (χ3v) is 3.77. The van der Waals surface area contributed by atoms with Gasteiger partial charge in [0.1, 0.15) is 10.8 Å². The molecule has 0 saturated carbocycles. The van der Waals surface area contributed by atoms with Crippen molar-refractivity contribution in [3.8, 4) is 0 Å². The standard InChI is InChI=1S/C14H10FIN2OS/c15-11-6-5-8(7-10(11)13(17)20)18-14(19)9-3-1-2-4-12(9)16/h1-7H,(H2,17,20)(H,18,19). The lowest BCUT2D eigenvalue weighted by molar-refractivity contribution is 0.102. The third kappa shape index (κ3) is 3.31. The molecule has 3 N–H and O–H groups in total. The number of rotatable bonds is 3. The van der Waals surface area contributed by atoms with Crippen molar-refractivity contribution in [1.82, 2.24) is 0 Å². The Labute approximate surface area is 134 Å². The Morgan fingerprint density at radius 1 is 1.20 bits per heavy atom. The molecule has 0 radical (unpaired) electrons. The Morgan fingerprint density at radius 3 is 2.55 bits per heavy atom. The minimum absolute atomic E-state index is 0.0482. The van der Waals surface area contributed by atoms with Crippen molar-refractivity contribution >= 4 is 51.4 Å². The monoisotopic (exact) mass is 400 g/mol. The van der Waals surface area contributed by atoms with Gasteiger partial charge in [-0.15, -0.1) is 0 Å². The summed E-state index contributed by atoms with van der Waals surface area (Å²) in [5, 5.41) is 2.70. The van der Waals surface area contributed by atoms with Gasteiger partial charge in [-0.2, -0.15) is 0 Å². The molecule has 2 aromatic carbocycles. The van der Waals surface area contributed by atoms with Gasteiger partial charge in [0.15, 0.2) is 0 Å². The highest BCUT2D eigenvalue weighted by Crippen LogP contribution is 2.17. The maximum Gasteiger partial charge on any atom is 0.256 e. The molecule has 0 atom stereocenters. The average molecular weight is 400 g/mol. The molecule has 0 aliphatic rings. The summed E-state index contributed by atoms with van der Waals surface area (Å²) >= 11 is 6.84. The lowest BCUT2D eigenvalue weighted by Crippen LogP contribution is -2.16. The summed E-state index contributed by atoms with van der Waals surface area (Å²) in [4.78, 5) is 12.1. The summed E-state index contributed by atoms with van der Waals surface area (Å²) in [6.45, 7) is 0. The quantitative estimate of drug-likeness (QED) is 0.614. The van der Waals surface area contributed by atoms with Gasteiger partial charge in [0.25, 0.3) is 5.91 Å². The van der Waals surface area contributed by atoms with Crippen molar-refractivity contribution in [2.24, 2.45) is 5.73 Å². The number of benzene rings is 2. The fraction of sp³-hybridized carbons (Fsp3) is 0. The molecular formula is C14H10FIN2OS. The van der Waals surface area contributed by atoms with E-state index >= 15 is 0 Å². The fourth-order valence-corrected chi connectivity index (χ4v) is 2.42. The van der Waals surface area contributed by atoms with E-state index in [1.54, 1.807) is 12.1 Å². The number of carbonyl (C=O) groups excluding carboxylic acids is 1. The van der Waals surface area contributed by atoms with Crippen LogP contribution in [0.2, 0.25) is 0 Å². The molecule has 1 amide bonds. The van der Waals surface area contributed by atoms with Crippen molar-refractivity contribution < 1.29 is 9.18 Å². The van der Waals surface area contributed by atoms with Crippen LogP contribution in [0, 0.1) is 9.39 Å². The fourth-order valence-electron chi connectivity index (χ4n) is 1.64. The van der Waals surface area contributed by atoms with Gasteiger partial charge >= 0.3 is 0 Å². The normalized spacial score (nSPS) is 10.1. The summed E-state index contributed by atoms with van der Waals surface area (Å²) < 4.78 is 14.3. The Morgan fingerprint density at radius 2 is 1.90 bits per heavy atom. The molecule has 0 saturated heterocycles. The number of nitrogens with two attached hydrogens (primary N) is 1. The molecule has 102 valence electrons. The number of carbonyl (C=O) groups is 1. The van der Waals surface area contributed by atoms with E-state index in [-0.39, 0.29) is 16.5 Å². The van der Waals surface area contributed by atoms with Crippen LogP contribution in [-0.4, -0.2) is 10.9 Å². The highest BCUT2D eigenvalue weighted by molar-refractivity contribution is 14.1. The van der Waals surface area contributed by atoms with E-state index in [1.807, 2.05) is 12.1 Å². The van der Waals surface area contributed by atoms with E-state index < -0.39 is 5.82 Å². The first-order valence-electron chi connectivity index (χ1n) is 5.64. The molecule has 2 aromatic rings. The zero-order chi connectivity index (χ0) is 14.7. The van der Waals surface area contributed by atoms with Gasteiger partial charge in [0.05, 0.1) is 5.56 Å². The molecule has 2 rings (SSSR count). The first kappa shape index (κ1) is 14.9. The maximum atomic E-state index is 13.5. The van der Waals surface area contributed by atoms with Crippen molar-refractivity contribution in [1.29, 1.82) is 0 Å². The Bertz CT molecular complexity index is 691. The van der Waals surface area contributed by atoms with E-state index in [0.717, 1.165) is 3.57 Å². The Balaban J connectivity index is 2.27. The smallest absolute Gasteiger partial charge is 0.256 e. The zero-order valence-electron chi connectivity index (χ0n) is 10.2. The van der Waals surface area contributed by atoms with Crippen LogP contribution >= 0.6 is 34.8 Å². The van der Waals surface area contributed by atoms with Gasteiger partial charge < -0.3 is 11.1 Å². The van der Waals surface area contributed by atoms with Gasteiger partial charge in [-0.05, 0) is 52.9 Å². The largest absolute Gasteiger partial charge is 0.389 e. The third-order valence-electron chi connectivity index (χ3n) is 2.61. The Kier molecular flexibility index (Phi) is 4.66. The van der Waals surface area contributed by atoms with E-state index in [2.05, 4.69) is 27.9 Å². The van der Waals surface area contributed by atoms with Crippen LogP contribution in [0.3, 0.4) is 0 Å². The number of amides is 1. The number of halogens is 2. The lowest BCUT2D eigenvalue weighted by atomic mass is 10.1. The first-order chi connectivity index (χ1) is 9.49. The van der Waals surface area contributed by atoms with Crippen LogP contribution in [0.5, 0.6) is 0 Å². The van der Waals surface area contributed by atoms with Gasteiger partial charge in [-0.1, -0.05) is 24.4 Å². The minimum atomic E-state index is -0.509. The summed E-state index contributed by atoms with van der Waals surface area (Å²) in [6, 6.07) is 11.3. The molecule has 0 fully saturated rings. The summed E-state index contributed by atoms with van der Waals surface area (Å²) in [6.07, 6.45) is 0. The highest BCUT2D eigenvalue weighted by atomic mass is 127. The van der Waals surface area contributed by atoms with Crippen LogP contribution in [0.25, 0.3) is 0 Å². The second-order valence-electron chi connectivity index (χ2n) is 3.99. The van der Waals surface area contributed by atoms with Crippen molar-refractivity contribution in [2.75, 3.05) is 5.32 Å². The van der Waals surface area contributed by atoms with Gasteiger partial charge in [-0.25, -0.2) is 4.39 Å². The predicted octanol–water partition coefficient (Wildman–Crippen LogP) is 3.32. The molecule has 20 heavy (non-hydrogen) atoms. The van der Waals surface area contributed by atoms with Crippen LogP contribution in [0.4, 0.5) is 10.1 Å². The lowest BCUT2D eigenvalue weighted by Gasteiger charge is -2.09. The topological polar surface area (TPSA) is 55.1 Å². The molecule has 0 spiro atoms. The maximum absolute atomic E-state index is 13.5. The molecule has 3 nitrogen and oxygen atoms in total. The minimum Gasteiger partial charge on any atom is -0.389 e. The first-order valence-corrected chi connectivity index (χ1v) is 7.13. The molecule has 0 unspecified atom stereocenters. The average Bonchev–Trinajstić information content (AvgIpc) is 2.41.